The van der Waals surface area contributed by atoms with Gasteiger partial charge in [-0.1, -0.05) is 0 Å². The highest BCUT2D eigenvalue weighted by molar-refractivity contribution is 5.75. The Labute approximate surface area is 45.9 Å². The molecular formula is C4H7F2NO. The van der Waals surface area contributed by atoms with Crippen molar-refractivity contribution in [2.45, 2.75) is 6.42 Å². The zero-order valence-corrected chi connectivity index (χ0v) is 4.29. The summed E-state index contributed by atoms with van der Waals surface area (Å²) in [5.41, 5.74) is 0. The van der Waals surface area contributed by atoms with Crippen LogP contribution in [0.15, 0.2) is 0 Å². The van der Waals surface area contributed by atoms with E-state index >= 15 is 0 Å². The maximum absolute atomic E-state index is 11.2. The van der Waals surface area contributed by atoms with Crippen molar-refractivity contribution < 1.29 is 13.6 Å². The number of carbonyl (C=O) groups excluding carboxylic acids is 1. The second-order valence-electron chi connectivity index (χ2n) is 1.17. The number of rotatable bonds is 3. The second-order valence-corrected chi connectivity index (χ2v) is 1.17. The molecule has 0 aliphatic carbocycles. The minimum absolute atomic E-state index is 0.246. The predicted molar refractivity (Wildman–Crippen MR) is 24.7 cm³/mol. The highest BCUT2D eigenvalue weighted by Crippen LogP contribution is 1.78. The normalized spacial score (nSPS) is 8.75. The molecule has 0 rings (SSSR count). The second kappa shape index (κ2) is 4.49. The van der Waals surface area contributed by atoms with Crippen LogP contribution in [0.2, 0.25) is 0 Å². The summed E-state index contributed by atoms with van der Waals surface area (Å²) in [5.74, 6) is -0.588. The quantitative estimate of drug-likeness (QED) is 0.540. The fourth-order valence-electron chi connectivity index (χ4n) is 0.249. The molecule has 0 unspecified atom stereocenters. The van der Waals surface area contributed by atoms with Crippen molar-refractivity contribution in [2.24, 2.45) is 0 Å². The lowest BCUT2D eigenvalue weighted by atomic mass is 10.4. The summed E-state index contributed by atoms with van der Waals surface area (Å²) in [5, 5.41) is 1.80. The van der Waals surface area contributed by atoms with Gasteiger partial charge in [-0.3, -0.25) is 9.18 Å². The molecule has 48 valence electrons. The molecule has 4 heteroatoms. The van der Waals surface area contributed by atoms with Gasteiger partial charge in [-0.05, 0) is 0 Å². The molecule has 0 fully saturated rings. The van der Waals surface area contributed by atoms with Crippen molar-refractivity contribution in [3.05, 3.63) is 0 Å². The number of carbonyl (C=O) groups is 1. The smallest absolute Gasteiger partial charge is 0.224 e. The third-order valence-corrected chi connectivity index (χ3v) is 0.586. The van der Waals surface area contributed by atoms with Gasteiger partial charge in [-0.25, -0.2) is 4.39 Å². The summed E-state index contributed by atoms with van der Waals surface area (Å²) in [7, 11) is 0. The van der Waals surface area contributed by atoms with E-state index in [1.807, 2.05) is 0 Å². The first kappa shape index (κ1) is 7.33. The minimum Gasteiger partial charge on any atom is -0.329 e. The fourth-order valence-corrected chi connectivity index (χ4v) is 0.249. The van der Waals surface area contributed by atoms with E-state index in [1.54, 1.807) is 5.32 Å². The van der Waals surface area contributed by atoms with Crippen LogP contribution in [-0.4, -0.2) is 19.4 Å². The molecule has 0 aromatic heterocycles. The summed E-state index contributed by atoms with van der Waals surface area (Å²) >= 11 is 0. The molecule has 0 radical (unpaired) electrons. The lowest BCUT2D eigenvalue weighted by Gasteiger charge is -1.93. The van der Waals surface area contributed by atoms with Gasteiger partial charge in [0, 0.05) is 0 Å². The first-order valence-corrected chi connectivity index (χ1v) is 2.20. The molecule has 1 N–H and O–H groups in total. The Morgan fingerprint density at radius 2 is 2.12 bits per heavy atom. The lowest BCUT2D eigenvalue weighted by Crippen LogP contribution is -2.21. The number of alkyl halides is 2. The zero-order valence-electron chi connectivity index (χ0n) is 4.29. The summed E-state index contributed by atoms with van der Waals surface area (Å²) in [6.45, 7) is -1.65. The third-order valence-electron chi connectivity index (χ3n) is 0.586. The van der Waals surface area contributed by atoms with Crippen LogP contribution in [0, 0.1) is 0 Å². The van der Waals surface area contributed by atoms with Crippen molar-refractivity contribution in [3.63, 3.8) is 0 Å². The largest absolute Gasteiger partial charge is 0.329 e. The topological polar surface area (TPSA) is 29.1 Å². The van der Waals surface area contributed by atoms with E-state index in [4.69, 9.17) is 0 Å². The van der Waals surface area contributed by atoms with Gasteiger partial charge in [-0.15, -0.1) is 0 Å². The highest BCUT2D eigenvalue weighted by Gasteiger charge is 1.95. The van der Waals surface area contributed by atoms with Crippen LogP contribution in [0.3, 0.4) is 0 Å². The van der Waals surface area contributed by atoms with E-state index in [2.05, 4.69) is 0 Å². The van der Waals surface area contributed by atoms with Gasteiger partial charge in [0.05, 0.1) is 13.1 Å². The summed E-state index contributed by atoms with van der Waals surface area (Å²) in [6.07, 6.45) is -0.246. The Hall–Kier alpha value is -0.670. The van der Waals surface area contributed by atoms with Gasteiger partial charge in [0.15, 0.2) is 6.80 Å². The van der Waals surface area contributed by atoms with Crippen LogP contribution in [0.25, 0.3) is 0 Å². The SMILES string of the molecule is O=C(CCF)NCF. The van der Waals surface area contributed by atoms with Crippen LogP contribution >= 0.6 is 0 Å². The predicted octanol–water partition coefficient (Wildman–Crippen LogP) is 0.389. The molecule has 0 aromatic rings. The van der Waals surface area contributed by atoms with Crippen molar-refractivity contribution in [2.75, 3.05) is 13.5 Å². The molecule has 0 bridgehead atoms. The molecule has 0 spiro atoms. The Balaban J connectivity index is 3.06. The molecular weight excluding hydrogens is 116 g/mol. The third kappa shape index (κ3) is 3.52. The maximum Gasteiger partial charge on any atom is 0.224 e. The number of hydrogen-bond acceptors (Lipinski definition) is 1. The van der Waals surface area contributed by atoms with E-state index in [9.17, 15) is 13.6 Å². The standard InChI is InChI=1S/C4H7F2NO/c5-2-1-4(8)7-3-6/h1-3H2,(H,7,8). The molecule has 0 atom stereocenters. The zero-order chi connectivity index (χ0) is 6.41. The molecule has 0 aliphatic rings. The molecule has 1 amide bonds. The van der Waals surface area contributed by atoms with Crippen molar-refractivity contribution in [1.29, 1.82) is 0 Å². The molecule has 0 aromatic carbocycles. The number of nitrogens with one attached hydrogen (secondary N) is 1. The first-order valence-electron chi connectivity index (χ1n) is 2.20. The molecule has 0 heterocycles. The number of halogens is 2. The van der Waals surface area contributed by atoms with Crippen LogP contribution < -0.4 is 5.32 Å². The van der Waals surface area contributed by atoms with Gasteiger partial charge in [0.1, 0.15) is 0 Å². The molecule has 2 nitrogen and oxygen atoms in total. The molecule has 0 saturated carbocycles. The van der Waals surface area contributed by atoms with E-state index in [0.29, 0.717) is 0 Å². The first-order chi connectivity index (χ1) is 3.81. The summed E-state index contributed by atoms with van der Waals surface area (Å²) < 4.78 is 22.3. The van der Waals surface area contributed by atoms with Crippen LogP contribution in [-0.2, 0) is 4.79 Å². The van der Waals surface area contributed by atoms with Crippen molar-refractivity contribution >= 4 is 5.91 Å². The van der Waals surface area contributed by atoms with Gasteiger partial charge in [0.2, 0.25) is 5.91 Å². The average Bonchev–Trinajstić information content (AvgIpc) is 1.68. The minimum atomic E-state index is -0.918. The summed E-state index contributed by atoms with van der Waals surface area (Å²) in [6, 6.07) is 0. The number of amides is 1. The fraction of sp³-hybridized carbons (Fsp3) is 0.750. The molecule has 8 heavy (non-hydrogen) atoms. The van der Waals surface area contributed by atoms with Gasteiger partial charge < -0.3 is 5.32 Å². The Morgan fingerprint density at radius 3 is 2.50 bits per heavy atom. The van der Waals surface area contributed by atoms with Crippen molar-refractivity contribution in [1.82, 2.24) is 5.32 Å². The summed E-state index contributed by atoms with van der Waals surface area (Å²) in [4.78, 5) is 10.1. The van der Waals surface area contributed by atoms with Gasteiger partial charge in [0.25, 0.3) is 0 Å². The van der Waals surface area contributed by atoms with Crippen LogP contribution in [0.5, 0.6) is 0 Å². The highest BCUT2D eigenvalue weighted by atomic mass is 19.1. The average molecular weight is 123 g/mol. The van der Waals surface area contributed by atoms with Crippen LogP contribution in [0.4, 0.5) is 8.78 Å². The van der Waals surface area contributed by atoms with E-state index < -0.39 is 19.4 Å². The van der Waals surface area contributed by atoms with E-state index in [0.717, 1.165) is 0 Å². The van der Waals surface area contributed by atoms with Crippen LogP contribution in [0.1, 0.15) is 6.42 Å². The van der Waals surface area contributed by atoms with E-state index in [1.165, 1.54) is 0 Å². The van der Waals surface area contributed by atoms with Crippen molar-refractivity contribution in [3.8, 4) is 0 Å². The number of hydrogen-bond donors (Lipinski definition) is 1. The Bertz CT molecular complexity index is 68.4. The Morgan fingerprint density at radius 1 is 1.50 bits per heavy atom. The van der Waals surface area contributed by atoms with Gasteiger partial charge >= 0.3 is 0 Å². The Kier molecular flexibility index (Phi) is 4.11. The molecule has 0 aliphatic heterocycles. The van der Waals surface area contributed by atoms with E-state index in [-0.39, 0.29) is 6.42 Å². The monoisotopic (exact) mass is 123 g/mol. The molecule has 0 saturated heterocycles. The maximum atomic E-state index is 11.2. The lowest BCUT2D eigenvalue weighted by molar-refractivity contribution is -0.121. The van der Waals surface area contributed by atoms with Gasteiger partial charge in [-0.2, -0.15) is 0 Å².